The van der Waals surface area contributed by atoms with E-state index in [1.165, 1.54) is 4.90 Å². The Morgan fingerprint density at radius 3 is 2.39 bits per heavy atom. The number of rotatable bonds is 3. The zero-order valence-electron chi connectivity index (χ0n) is 13.0. The Morgan fingerprint density at radius 1 is 1.17 bits per heavy atom. The van der Waals surface area contributed by atoms with Crippen molar-refractivity contribution < 1.29 is 18.0 Å². The number of sulfone groups is 1. The lowest BCUT2D eigenvalue weighted by atomic mass is 9.92. The van der Waals surface area contributed by atoms with Crippen molar-refractivity contribution in [3.8, 4) is 0 Å². The van der Waals surface area contributed by atoms with E-state index in [1.807, 2.05) is 30.3 Å². The molecule has 23 heavy (non-hydrogen) atoms. The number of imide groups is 1. The summed E-state index contributed by atoms with van der Waals surface area (Å²) in [6, 6.07) is 8.73. The summed E-state index contributed by atoms with van der Waals surface area (Å²) in [4.78, 5) is 26.2. The molecule has 0 saturated carbocycles. The van der Waals surface area contributed by atoms with Gasteiger partial charge in [-0.05, 0) is 31.2 Å². The van der Waals surface area contributed by atoms with E-state index in [0.717, 1.165) is 5.56 Å². The molecule has 1 N–H and O–H groups in total. The molecule has 0 radical (unpaired) electrons. The van der Waals surface area contributed by atoms with Gasteiger partial charge in [0.15, 0.2) is 0 Å². The van der Waals surface area contributed by atoms with Crippen LogP contribution in [-0.2, 0) is 20.2 Å². The third-order valence-electron chi connectivity index (χ3n) is 4.74. The van der Waals surface area contributed by atoms with Gasteiger partial charge in [-0.25, -0.2) is 13.2 Å². The highest BCUT2D eigenvalue weighted by atomic mass is 32.2. The standard InChI is InChI=1S/C16H20N2O4S/c1-16(13-5-3-2-4-6-13)14(19)18(15(20)17-16)11-12-7-9-23(21,22)10-8-12/h2-6,12H,7-11H2,1H3,(H,17,20)/t16-/m1/s1. The number of amides is 3. The molecule has 0 bridgehead atoms. The fourth-order valence-corrected chi connectivity index (χ4v) is 4.80. The molecule has 0 unspecified atom stereocenters. The third-order valence-corrected chi connectivity index (χ3v) is 6.46. The Bertz CT molecular complexity index is 718. The van der Waals surface area contributed by atoms with Gasteiger partial charge < -0.3 is 5.32 Å². The van der Waals surface area contributed by atoms with Gasteiger partial charge in [0.25, 0.3) is 5.91 Å². The van der Waals surface area contributed by atoms with E-state index >= 15 is 0 Å². The first-order chi connectivity index (χ1) is 10.8. The zero-order valence-corrected chi connectivity index (χ0v) is 13.8. The molecule has 2 heterocycles. The fraction of sp³-hybridized carbons (Fsp3) is 0.500. The summed E-state index contributed by atoms with van der Waals surface area (Å²) in [6.45, 7) is 1.98. The summed E-state index contributed by atoms with van der Waals surface area (Å²) in [6.07, 6.45) is 1.00. The van der Waals surface area contributed by atoms with Crippen LogP contribution in [0.15, 0.2) is 30.3 Å². The minimum absolute atomic E-state index is 0.0475. The minimum Gasteiger partial charge on any atom is -0.319 e. The predicted molar refractivity (Wildman–Crippen MR) is 85.4 cm³/mol. The maximum atomic E-state index is 12.8. The SMILES string of the molecule is C[C@]1(c2ccccc2)NC(=O)N(CC2CCS(=O)(=O)CC2)C1=O. The molecule has 2 fully saturated rings. The van der Waals surface area contributed by atoms with Gasteiger partial charge in [-0.2, -0.15) is 0 Å². The van der Waals surface area contributed by atoms with E-state index in [-0.39, 0.29) is 29.9 Å². The monoisotopic (exact) mass is 336 g/mol. The van der Waals surface area contributed by atoms with Crippen molar-refractivity contribution in [2.24, 2.45) is 5.92 Å². The molecule has 0 aliphatic carbocycles. The van der Waals surface area contributed by atoms with Gasteiger partial charge in [-0.1, -0.05) is 30.3 Å². The molecule has 1 aromatic carbocycles. The number of nitrogens with one attached hydrogen (secondary N) is 1. The number of hydrogen-bond acceptors (Lipinski definition) is 4. The maximum absolute atomic E-state index is 12.8. The Labute approximate surface area is 135 Å². The molecular formula is C16H20N2O4S. The summed E-state index contributed by atoms with van der Waals surface area (Å²) >= 11 is 0. The Morgan fingerprint density at radius 2 is 1.78 bits per heavy atom. The normalized spacial score (nSPS) is 28.0. The summed E-state index contributed by atoms with van der Waals surface area (Å²) in [7, 11) is -2.95. The van der Waals surface area contributed by atoms with E-state index in [4.69, 9.17) is 0 Å². The molecule has 2 aliphatic heterocycles. The van der Waals surface area contributed by atoms with Crippen LogP contribution in [-0.4, -0.2) is 43.3 Å². The first kappa shape index (κ1) is 16.0. The first-order valence-corrected chi connectivity index (χ1v) is 9.54. The van der Waals surface area contributed by atoms with Gasteiger partial charge in [-0.15, -0.1) is 0 Å². The highest BCUT2D eigenvalue weighted by molar-refractivity contribution is 7.91. The van der Waals surface area contributed by atoms with Gasteiger partial charge in [0.05, 0.1) is 11.5 Å². The summed E-state index contributed by atoms with van der Waals surface area (Å²) < 4.78 is 23.0. The molecule has 7 heteroatoms. The van der Waals surface area contributed by atoms with Crippen molar-refractivity contribution in [1.29, 1.82) is 0 Å². The largest absolute Gasteiger partial charge is 0.325 e. The molecule has 3 rings (SSSR count). The molecule has 3 amide bonds. The highest BCUT2D eigenvalue weighted by Gasteiger charge is 2.49. The number of nitrogens with zero attached hydrogens (tertiary/aromatic N) is 1. The second-order valence-corrected chi connectivity index (χ2v) is 8.74. The molecule has 1 atom stereocenters. The van der Waals surface area contributed by atoms with Gasteiger partial charge in [0.1, 0.15) is 15.4 Å². The molecule has 2 aliphatic rings. The molecule has 0 aromatic heterocycles. The summed E-state index contributed by atoms with van der Waals surface area (Å²) in [5.74, 6) is 0.0441. The van der Waals surface area contributed by atoms with Crippen molar-refractivity contribution in [3.05, 3.63) is 35.9 Å². The molecule has 1 aromatic rings. The van der Waals surface area contributed by atoms with Crippen molar-refractivity contribution >= 4 is 21.8 Å². The van der Waals surface area contributed by atoms with Crippen molar-refractivity contribution in [3.63, 3.8) is 0 Å². The van der Waals surface area contributed by atoms with Crippen LogP contribution < -0.4 is 5.32 Å². The van der Waals surface area contributed by atoms with Crippen LogP contribution in [0.2, 0.25) is 0 Å². The Balaban J connectivity index is 1.75. The van der Waals surface area contributed by atoms with Crippen molar-refractivity contribution in [2.45, 2.75) is 25.3 Å². The van der Waals surface area contributed by atoms with Gasteiger partial charge in [0.2, 0.25) is 0 Å². The molecule has 6 nitrogen and oxygen atoms in total. The number of urea groups is 1. The van der Waals surface area contributed by atoms with E-state index in [0.29, 0.717) is 12.8 Å². The van der Waals surface area contributed by atoms with Crippen LogP contribution >= 0.6 is 0 Å². The van der Waals surface area contributed by atoms with Crippen molar-refractivity contribution in [1.82, 2.24) is 10.2 Å². The molecule has 2 saturated heterocycles. The smallest absolute Gasteiger partial charge is 0.319 e. The number of carbonyl (C=O) groups is 2. The highest BCUT2D eigenvalue weighted by Crippen LogP contribution is 2.30. The maximum Gasteiger partial charge on any atom is 0.325 e. The summed E-state index contributed by atoms with van der Waals surface area (Å²) in [5, 5.41) is 2.77. The number of benzene rings is 1. The first-order valence-electron chi connectivity index (χ1n) is 7.72. The quantitative estimate of drug-likeness (QED) is 0.843. The van der Waals surface area contributed by atoms with Crippen LogP contribution in [0.3, 0.4) is 0 Å². The average molecular weight is 336 g/mol. The van der Waals surface area contributed by atoms with Crippen molar-refractivity contribution in [2.75, 3.05) is 18.1 Å². The number of hydrogen-bond donors (Lipinski definition) is 1. The van der Waals surface area contributed by atoms with E-state index in [2.05, 4.69) is 5.32 Å². The lowest BCUT2D eigenvalue weighted by Crippen LogP contribution is -2.42. The third kappa shape index (κ3) is 2.97. The van der Waals surface area contributed by atoms with Crippen LogP contribution in [0.5, 0.6) is 0 Å². The predicted octanol–water partition coefficient (Wildman–Crippen LogP) is 1.28. The molecular weight excluding hydrogens is 316 g/mol. The number of carbonyl (C=O) groups excluding carboxylic acids is 2. The molecule has 0 spiro atoms. The Kier molecular flexibility index (Phi) is 3.91. The van der Waals surface area contributed by atoms with E-state index in [9.17, 15) is 18.0 Å². The van der Waals surface area contributed by atoms with Crippen LogP contribution in [0.1, 0.15) is 25.3 Å². The topological polar surface area (TPSA) is 83.6 Å². The second kappa shape index (κ2) is 5.63. The second-order valence-electron chi connectivity index (χ2n) is 6.43. The van der Waals surface area contributed by atoms with Crippen LogP contribution in [0, 0.1) is 5.92 Å². The van der Waals surface area contributed by atoms with Crippen LogP contribution in [0.4, 0.5) is 4.79 Å². The summed E-state index contributed by atoms with van der Waals surface area (Å²) in [5.41, 5.74) is -0.314. The zero-order chi connectivity index (χ0) is 16.7. The lowest BCUT2D eigenvalue weighted by Gasteiger charge is -2.26. The average Bonchev–Trinajstić information content (AvgIpc) is 2.74. The van der Waals surface area contributed by atoms with Gasteiger partial charge in [0, 0.05) is 6.54 Å². The van der Waals surface area contributed by atoms with E-state index < -0.39 is 21.4 Å². The lowest BCUT2D eigenvalue weighted by molar-refractivity contribution is -0.131. The molecule has 124 valence electrons. The van der Waals surface area contributed by atoms with E-state index in [1.54, 1.807) is 6.92 Å². The minimum atomic E-state index is -2.95. The fourth-order valence-electron chi connectivity index (χ4n) is 3.21. The Hall–Kier alpha value is -1.89. The van der Waals surface area contributed by atoms with Crippen LogP contribution in [0.25, 0.3) is 0 Å². The van der Waals surface area contributed by atoms with Gasteiger partial charge >= 0.3 is 6.03 Å². The van der Waals surface area contributed by atoms with Gasteiger partial charge in [-0.3, -0.25) is 9.69 Å².